The van der Waals surface area contributed by atoms with Gasteiger partial charge in [-0.1, -0.05) is 47.5 Å². The van der Waals surface area contributed by atoms with Crippen molar-refractivity contribution in [2.75, 3.05) is 72.9 Å². The Morgan fingerprint density at radius 2 is 1.62 bits per heavy atom. The highest BCUT2D eigenvalue weighted by molar-refractivity contribution is 6.35. The molecule has 1 aliphatic heterocycles. The van der Waals surface area contributed by atoms with Crippen molar-refractivity contribution in [3.8, 4) is 0 Å². The van der Waals surface area contributed by atoms with Gasteiger partial charge < -0.3 is 30.2 Å². The maximum Gasteiger partial charge on any atom is 0.0701 e. The fourth-order valence-corrected chi connectivity index (χ4v) is 4.74. The summed E-state index contributed by atoms with van der Waals surface area (Å²) >= 11 is 12.8. The molecule has 0 aromatic heterocycles. The lowest BCUT2D eigenvalue weighted by atomic mass is 9.84. The van der Waals surface area contributed by atoms with E-state index in [-0.39, 0.29) is 5.92 Å². The molecule has 0 aliphatic carbocycles. The molecule has 1 heterocycles. The van der Waals surface area contributed by atoms with Gasteiger partial charge >= 0.3 is 0 Å². The minimum absolute atomic E-state index is 0.275. The molecule has 6 nitrogen and oxygen atoms in total. The molecule has 0 saturated carbocycles. The van der Waals surface area contributed by atoms with Crippen molar-refractivity contribution in [2.24, 2.45) is 5.73 Å². The Labute approximate surface area is 213 Å². The zero-order valence-corrected chi connectivity index (χ0v) is 21.5. The first-order valence-corrected chi connectivity index (χ1v) is 12.7. The SMILES string of the molecule is CN1Cc2c(Cl)cc(Cl)cc2C(c2ccc(CCNCCOCCOCCOCCN)cc2)C1. The highest BCUT2D eigenvalue weighted by Crippen LogP contribution is 2.38. The average Bonchev–Trinajstić information content (AvgIpc) is 2.82. The Balaban J connectivity index is 1.34. The predicted octanol–water partition coefficient (Wildman–Crippen LogP) is 3.71. The van der Waals surface area contributed by atoms with Crippen LogP contribution >= 0.6 is 23.2 Å². The first-order chi connectivity index (χ1) is 16.6. The number of benzene rings is 2. The fourth-order valence-electron chi connectivity index (χ4n) is 4.17. The molecule has 34 heavy (non-hydrogen) atoms. The van der Waals surface area contributed by atoms with Crippen molar-refractivity contribution in [1.82, 2.24) is 10.2 Å². The Hall–Kier alpha value is -1.22. The van der Waals surface area contributed by atoms with E-state index in [9.17, 15) is 0 Å². The monoisotopic (exact) mass is 509 g/mol. The number of hydrogen-bond donors (Lipinski definition) is 2. The number of rotatable bonds is 15. The summed E-state index contributed by atoms with van der Waals surface area (Å²) in [5.74, 6) is 0.275. The van der Waals surface area contributed by atoms with E-state index in [1.807, 2.05) is 6.07 Å². The molecule has 0 spiro atoms. The summed E-state index contributed by atoms with van der Waals surface area (Å²) in [7, 11) is 2.14. The molecule has 3 rings (SSSR count). The van der Waals surface area contributed by atoms with Crippen molar-refractivity contribution >= 4 is 23.2 Å². The van der Waals surface area contributed by atoms with Crippen LogP contribution in [0.2, 0.25) is 10.0 Å². The zero-order valence-electron chi connectivity index (χ0n) is 20.0. The molecular weight excluding hydrogens is 473 g/mol. The lowest BCUT2D eigenvalue weighted by Gasteiger charge is -2.33. The molecule has 0 bridgehead atoms. The van der Waals surface area contributed by atoms with Crippen LogP contribution in [0.1, 0.15) is 28.2 Å². The maximum absolute atomic E-state index is 6.50. The average molecular weight is 511 g/mol. The summed E-state index contributed by atoms with van der Waals surface area (Å²) in [5, 5.41) is 4.89. The van der Waals surface area contributed by atoms with Crippen molar-refractivity contribution in [1.29, 1.82) is 0 Å². The number of nitrogens with one attached hydrogen (secondary N) is 1. The number of halogens is 2. The molecule has 0 radical (unpaired) electrons. The molecule has 0 amide bonds. The van der Waals surface area contributed by atoms with Crippen molar-refractivity contribution in [2.45, 2.75) is 18.9 Å². The normalized spacial score (nSPS) is 16.1. The summed E-state index contributed by atoms with van der Waals surface area (Å²) < 4.78 is 16.3. The summed E-state index contributed by atoms with van der Waals surface area (Å²) in [5.41, 5.74) is 10.4. The number of nitrogens with two attached hydrogens (primary N) is 1. The summed E-state index contributed by atoms with van der Waals surface area (Å²) in [6, 6.07) is 12.8. The van der Waals surface area contributed by atoms with Crippen molar-refractivity contribution < 1.29 is 14.2 Å². The van der Waals surface area contributed by atoms with Gasteiger partial charge in [0.1, 0.15) is 0 Å². The molecule has 1 atom stereocenters. The van der Waals surface area contributed by atoms with Gasteiger partial charge in [0.25, 0.3) is 0 Å². The number of fused-ring (bicyclic) bond motifs is 1. The van der Waals surface area contributed by atoms with E-state index in [1.165, 1.54) is 22.3 Å². The molecule has 188 valence electrons. The van der Waals surface area contributed by atoms with Gasteiger partial charge in [0.2, 0.25) is 0 Å². The van der Waals surface area contributed by atoms with Gasteiger partial charge in [0.15, 0.2) is 0 Å². The third kappa shape index (κ3) is 8.77. The second-order valence-electron chi connectivity index (χ2n) is 8.57. The second kappa shape index (κ2) is 15.0. The van der Waals surface area contributed by atoms with Crippen LogP contribution in [-0.2, 0) is 27.2 Å². The van der Waals surface area contributed by atoms with Crippen LogP contribution in [0.15, 0.2) is 36.4 Å². The minimum atomic E-state index is 0.275. The van der Waals surface area contributed by atoms with Crippen LogP contribution in [0, 0.1) is 0 Å². The Bertz CT molecular complexity index is 867. The molecule has 8 heteroatoms. The van der Waals surface area contributed by atoms with Crippen LogP contribution in [0.4, 0.5) is 0 Å². The number of nitrogens with zero attached hydrogens (tertiary/aromatic N) is 1. The highest BCUT2D eigenvalue weighted by Gasteiger charge is 2.26. The molecule has 2 aromatic carbocycles. The smallest absolute Gasteiger partial charge is 0.0701 e. The van der Waals surface area contributed by atoms with Crippen molar-refractivity contribution in [3.63, 3.8) is 0 Å². The first kappa shape index (κ1) is 27.4. The van der Waals surface area contributed by atoms with E-state index in [0.717, 1.165) is 37.6 Å². The minimum Gasteiger partial charge on any atom is -0.378 e. The lowest BCUT2D eigenvalue weighted by Crippen LogP contribution is -2.31. The molecule has 1 unspecified atom stereocenters. The second-order valence-corrected chi connectivity index (χ2v) is 9.42. The number of ether oxygens (including phenoxy) is 3. The van der Waals surface area contributed by atoms with Gasteiger partial charge in [-0.15, -0.1) is 0 Å². The van der Waals surface area contributed by atoms with E-state index in [4.69, 9.17) is 43.1 Å². The van der Waals surface area contributed by atoms with Gasteiger partial charge in [-0.2, -0.15) is 0 Å². The molecule has 0 saturated heterocycles. The van der Waals surface area contributed by atoms with Crippen LogP contribution in [0.3, 0.4) is 0 Å². The van der Waals surface area contributed by atoms with E-state index >= 15 is 0 Å². The largest absolute Gasteiger partial charge is 0.378 e. The summed E-state index contributed by atoms with van der Waals surface area (Å²) in [6.45, 7) is 7.67. The van der Waals surface area contributed by atoms with E-state index in [1.54, 1.807) is 0 Å². The molecule has 3 N–H and O–H groups in total. The fraction of sp³-hybridized carbons (Fsp3) is 0.538. The Kier molecular flexibility index (Phi) is 12.1. The first-order valence-electron chi connectivity index (χ1n) is 12.0. The quantitative estimate of drug-likeness (QED) is 0.356. The summed E-state index contributed by atoms with van der Waals surface area (Å²) in [6.07, 6.45) is 0.977. The number of likely N-dealkylation sites (N-methyl/N-ethyl adjacent to an activating group) is 1. The van der Waals surface area contributed by atoms with Gasteiger partial charge in [-0.05, 0) is 54.4 Å². The third-order valence-corrected chi connectivity index (χ3v) is 6.45. The lowest BCUT2D eigenvalue weighted by molar-refractivity contribution is 0.0166. The van der Waals surface area contributed by atoms with Crippen LogP contribution in [-0.4, -0.2) is 77.8 Å². The van der Waals surface area contributed by atoms with Gasteiger partial charge in [0.05, 0.1) is 39.6 Å². The third-order valence-electron chi connectivity index (χ3n) is 5.89. The predicted molar refractivity (Wildman–Crippen MR) is 139 cm³/mol. The van der Waals surface area contributed by atoms with Crippen LogP contribution in [0.25, 0.3) is 0 Å². The summed E-state index contributed by atoms with van der Waals surface area (Å²) in [4.78, 5) is 2.32. The van der Waals surface area contributed by atoms with E-state index in [0.29, 0.717) is 51.2 Å². The van der Waals surface area contributed by atoms with E-state index < -0.39 is 0 Å². The molecule has 2 aromatic rings. The van der Waals surface area contributed by atoms with Gasteiger partial charge in [-0.3, -0.25) is 0 Å². The number of hydrogen-bond acceptors (Lipinski definition) is 6. The zero-order chi connectivity index (χ0) is 24.2. The Morgan fingerprint density at radius 1 is 0.941 bits per heavy atom. The van der Waals surface area contributed by atoms with Gasteiger partial charge in [0, 0.05) is 42.1 Å². The van der Waals surface area contributed by atoms with E-state index in [2.05, 4.69) is 47.6 Å². The molecule has 1 aliphatic rings. The maximum atomic E-state index is 6.50. The molecular formula is C26H37Cl2N3O3. The highest BCUT2D eigenvalue weighted by atomic mass is 35.5. The molecule has 0 fully saturated rings. The van der Waals surface area contributed by atoms with Gasteiger partial charge in [-0.25, -0.2) is 0 Å². The van der Waals surface area contributed by atoms with Crippen LogP contribution < -0.4 is 11.1 Å². The standard InChI is InChI=1S/C26H37Cl2N3O3/c1-31-18-24(23-16-22(27)17-26(28)25(23)19-31)21-4-2-20(3-5-21)6-8-30-9-11-33-13-15-34-14-12-32-10-7-29/h2-5,16-17,24,30H,6-15,18-19,29H2,1H3. The van der Waals surface area contributed by atoms with Crippen molar-refractivity contribution in [3.05, 3.63) is 68.7 Å². The van der Waals surface area contributed by atoms with Crippen LogP contribution in [0.5, 0.6) is 0 Å². The Morgan fingerprint density at radius 3 is 2.32 bits per heavy atom. The topological polar surface area (TPSA) is 69.0 Å².